The van der Waals surface area contributed by atoms with Gasteiger partial charge in [0.1, 0.15) is 0 Å². The highest BCUT2D eigenvalue weighted by Gasteiger charge is 2.25. The number of hydrogen-bond donors (Lipinski definition) is 1. The third kappa shape index (κ3) is 6.41. The van der Waals surface area contributed by atoms with Crippen LogP contribution in [0.4, 0.5) is 0 Å². The zero-order chi connectivity index (χ0) is 18.5. The second-order valence-electron chi connectivity index (χ2n) is 7.55. The van der Waals surface area contributed by atoms with E-state index in [1.165, 1.54) is 4.31 Å². The summed E-state index contributed by atoms with van der Waals surface area (Å²) in [4.78, 5) is 12.0. The lowest BCUT2D eigenvalue weighted by atomic mass is 9.92. The smallest absolute Gasteiger partial charge is 0.220 e. The quantitative estimate of drug-likeness (QED) is 0.832. The van der Waals surface area contributed by atoms with Crippen molar-refractivity contribution in [2.45, 2.75) is 39.5 Å². The second kappa shape index (κ2) is 8.29. The molecule has 1 aliphatic heterocycles. The molecule has 0 atom stereocenters. The van der Waals surface area contributed by atoms with Crippen molar-refractivity contribution in [1.82, 2.24) is 9.62 Å². The standard InChI is InChI=1S/C18H28N2O4S/c1-18(2,3)12-17(21)19-13-15-6-4-5-7-16(15)14-25(22,23)20-8-10-24-11-9-20/h4-7H,8-14H2,1-3H3,(H,19,21). The van der Waals surface area contributed by atoms with Crippen molar-refractivity contribution in [3.63, 3.8) is 0 Å². The molecule has 2 rings (SSSR count). The van der Waals surface area contributed by atoms with E-state index in [2.05, 4.69) is 5.32 Å². The molecular weight excluding hydrogens is 340 g/mol. The van der Waals surface area contributed by atoms with Gasteiger partial charge in [0.25, 0.3) is 0 Å². The Morgan fingerprint density at radius 3 is 2.36 bits per heavy atom. The molecule has 0 spiro atoms. The fourth-order valence-corrected chi connectivity index (χ4v) is 4.28. The predicted octanol–water partition coefficient (Wildman–Crippen LogP) is 1.90. The Kier molecular flexibility index (Phi) is 6.59. The summed E-state index contributed by atoms with van der Waals surface area (Å²) in [5, 5.41) is 2.89. The van der Waals surface area contributed by atoms with Gasteiger partial charge in [0, 0.05) is 26.1 Å². The molecule has 0 radical (unpaired) electrons. The first-order valence-electron chi connectivity index (χ1n) is 8.56. The van der Waals surface area contributed by atoms with E-state index in [0.29, 0.717) is 39.3 Å². The molecule has 0 unspecified atom stereocenters. The van der Waals surface area contributed by atoms with Crippen molar-refractivity contribution in [3.8, 4) is 0 Å². The maximum absolute atomic E-state index is 12.6. The number of ether oxygens (including phenoxy) is 1. The van der Waals surface area contributed by atoms with Gasteiger partial charge in [-0.05, 0) is 16.5 Å². The molecule has 1 fully saturated rings. The van der Waals surface area contributed by atoms with Gasteiger partial charge < -0.3 is 10.1 Å². The highest BCUT2D eigenvalue weighted by atomic mass is 32.2. The van der Waals surface area contributed by atoms with Gasteiger partial charge in [0.15, 0.2) is 0 Å². The van der Waals surface area contributed by atoms with Crippen LogP contribution in [0.2, 0.25) is 0 Å². The summed E-state index contributed by atoms with van der Waals surface area (Å²) in [6.45, 7) is 8.02. The summed E-state index contributed by atoms with van der Waals surface area (Å²) in [7, 11) is -3.39. The molecule has 1 aromatic rings. The molecule has 0 aromatic heterocycles. The summed E-state index contributed by atoms with van der Waals surface area (Å²) >= 11 is 0. The third-order valence-corrected chi connectivity index (χ3v) is 5.81. The summed E-state index contributed by atoms with van der Waals surface area (Å²) in [5.74, 6) is -0.0865. The molecule has 0 aliphatic carbocycles. The number of rotatable bonds is 6. The van der Waals surface area contributed by atoms with Gasteiger partial charge in [-0.1, -0.05) is 45.0 Å². The van der Waals surface area contributed by atoms with Gasteiger partial charge in [0.2, 0.25) is 15.9 Å². The van der Waals surface area contributed by atoms with E-state index in [1.54, 1.807) is 0 Å². The number of hydrogen-bond acceptors (Lipinski definition) is 4. The maximum Gasteiger partial charge on any atom is 0.220 e. The summed E-state index contributed by atoms with van der Waals surface area (Å²) in [6.07, 6.45) is 0.432. The summed E-state index contributed by atoms with van der Waals surface area (Å²) in [5.41, 5.74) is 1.48. The molecule has 6 nitrogen and oxygen atoms in total. The Morgan fingerprint density at radius 1 is 1.16 bits per heavy atom. The second-order valence-corrected chi connectivity index (χ2v) is 9.52. The van der Waals surface area contributed by atoms with E-state index >= 15 is 0 Å². The number of benzene rings is 1. The SMILES string of the molecule is CC(C)(C)CC(=O)NCc1ccccc1CS(=O)(=O)N1CCOCC1. The van der Waals surface area contributed by atoms with Crippen LogP contribution >= 0.6 is 0 Å². The minimum atomic E-state index is -3.39. The van der Waals surface area contributed by atoms with Crippen molar-refractivity contribution >= 4 is 15.9 Å². The molecule has 1 amide bonds. The molecule has 1 aromatic carbocycles. The number of amides is 1. The number of nitrogens with one attached hydrogen (secondary N) is 1. The van der Waals surface area contributed by atoms with Crippen LogP contribution in [0.1, 0.15) is 38.3 Å². The maximum atomic E-state index is 12.6. The van der Waals surface area contributed by atoms with Gasteiger partial charge in [-0.3, -0.25) is 4.79 Å². The molecule has 7 heteroatoms. The normalized spacial score (nSPS) is 16.6. The van der Waals surface area contributed by atoms with Crippen molar-refractivity contribution in [1.29, 1.82) is 0 Å². The predicted molar refractivity (Wildman–Crippen MR) is 97.4 cm³/mol. The molecule has 25 heavy (non-hydrogen) atoms. The van der Waals surface area contributed by atoms with Gasteiger partial charge in [-0.25, -0.2) is 8.42 Å². The molecule has 0 bridgehead atoms. The van der Waals surface area contributed by atoms with Crippen LogP contribution in [0, 0.1) is 5.41 Å². The minimum absolute atomic E-state index is 0.0293. The van der Waals surface area contributed by atoms with Crippen molar-refractivity contribution < 1.29 is 17.9 Å². The van der Waals surface area contributed by atoms with Crippen molar-refractivity contribution in [2.24, 2.45) is 5.41 Å². The van der Waals surface area contributed by atoms with Crippen molar-refractivity contribution in [2.75, 3.05) is 26.3 Å². The minimum Gasteiger partial charge on any atom is -0.379 e. The van der Waals surface area contributed by atoms with Crippen LogP contribution in [0.15, 0.2) is 24.3 Å². The van der Waals surface area contributed by atoms with E-state index in [0.717, 1.165) is 11.1 Å². The van der Waals surface area contributed by atoms with Crippen LogP contribution in [0.3, 0.4) is 0 Å². The number of carbonyl (C=O) groups excluding carboxylic acids is 1. The molecule has 1 heterocycles. The van der Waals surface area contributed by atoms with Crippen molar-refractivity contribution in [3.05, 3.63) is 35.4 Å². The highest BCUT2D eigenvalue weighted by molar-refractivity contribution is 7.88. The first kappa shape index (κ1) is 19.9. The zero-order valence-corrected chi connectivity index (χ0v) is 16.1. The molecule has 1 N–H and O–H groups in total. The first-order chi connectivity index (χ1) is 11.7. The number of nitrogens with zero attached hydrogens (tertiary/aromatic N) is 1. The average Bonchev–Trinajstić information content (AvgIpc) is 2.53. The number of carbonyl (C=O) groups is 1. The van der Waals surface area contributed by atoms with Gasteiger partial charge in [0.05, 0.1) is 19.0 Å². The van der Waals surface area contributed by atoms with E-state index in [-0.39, 0.29) is 17.1 Å². The monoisotopic (exact) mass is 368 g/mol. The van der Waals surface area contributed by atoms with E-state index < -0.39 is 10.0 Å². The Morgan fingerprint density at radius 2 is 1.76 bits per heavy atom. The Labute approximate surface area is 150 Å². The molecule has 140 valence electrons. The number of sulfonamides is 1. The largest absolute Gasteiger partial charge is 0.379 e. The summed E-state index contributed by atoms with van der Waals surface area (Å²) < 4.78 is 31.9. The Hall–Kier alpha value is -1.44. The average molecular weight is 368 g/mol. The summed E-state index contributed by atoms with van der Waals surface area (Å²) in [6, 6.07) is 7.35. The molecule has 1 aliphatic rings. The third-order valence-electron chi connectivity index (χ3n) is 3.99. The lowest BCUT2D eigenvalue weighted by molar-refractivity contribution is -0.122. The number of morpholine rings is 1. The molecule has 0 saturated carbocycles. The highest BCUT2D eigenvalue weighted by Crippen LogP contribution is 2.19. The first-order valence-corrected chi connectivity index (χ1v) is 10.2. The zero-order valence-electron chi connectivity index (χ0n) is 15.2. The van der Waals surface area contributed by atoms with Gasteiger partial charge >= 0.3 is 0 Å². The van der Waals surface area contributed by atoms with E-state index in [4.69, 9.17) is 4.74 Å². The molecular formula is C18H28N2O4S. The van der Waals surface area contributed by atoms with Gasteiger partial charge in [-0.2, -0.15) is 4.31 Å². The van der Waals surface area contributed by atoms with Crippen LogP contribution in [0.25, 0.3) is 0 Å². The van der Waals surface area contributed by atoms with Crippen LogP contribution in [-0.4, -0.2) is 44.9 Å². The fraction of sp³-hybridized carbons (Fsp3) is 0.611. The van der Waals surface area contributed by atoms with Crippen LogP contribution < -0.4 is 5.32 Å². The molecule has 1 saturated heterocycles. The van der Waals surface area contributed by atoms with E-state index in [1.807, 2.05) is 45.0 Å². The van der Waals surface area contributed by atoms with Crippen LogP contribution in [-0.2, 0) is 31.9 Å². The lowest BCUT2D eigenvalue weighted by Gasteiger charge is -2.26. The van der Waals surface area contributed by atoms with Gasteiger partial charge in [-0.15, -0.1) is 0 Å². The van der Waals surface area contributed by atoms with Crippen LogP contribution in [0.5, 0.6) is 0 Å². The Balaban J connectivity index is 2.03. The topological polar surface area (TPSA) is 75.7 Å². The lowest BCUT2D eigenvalue weighted by Crippen LogP contribution is -2.41. The van der Waals surface area contributed by atoms with E-state index in [9.17, 15) is 13.2 Å². The fourth-order valence-electron chi connectivity index (χ4n) is 2.72. The Bertz CT molecular complexity index is 689.